The number of nitrogens with zero attached hydrogens (tertiary/aromatic N) is 1. The lowest BCUT2D eigenvalue weighted by atomic mass is 10.1. The first-order chi connectivity index (χ1) is 11.8. The Labute approximate surface area is 148 Å². The molecule has 1 rings (SSSR count). The number of sulfonamides is 1. The second-order valence-electron chi connectivity index (χ2n) is 5.28. The normalized spacial score (nSPS) is 13.1. The molecule has 0 aliphatic heterocycles. The highest BCUT2D eigenvalue weighted by molar-refractivity contribution is 7.89. The van der Waals surface area contributed by atoms with Gasteiger partial charge < -0.3 is 10.4 Å². The summed E-state index contributed by atoms with van der Waals surface area (Å²) in [6.45, 7) is 5.97. The molecule has 1 amide bonds. The zero-order chi connectivity index (χ0) is 19.0. The van der Waals surface area contributed by atoms with Gasteiger partial charge in [-0.1, -0.05) is 26.0 Å². The van der Waals surface area contributed by atoms with Crippen molar-refractivity contribution in [2.45, 2.75) is 38.1 Å². The van der Waals surface area contributed by atoms with Crippen LogP contribution < -0.4 is 5.32 Å². The largest absolute Gasteiger partial charge is 0.480 e. The second kappa shape index (κ2) is 9.33. The molecule has 0 radical (unpaired) electrons. The minimum Gasteiger partial charge on any atom is -0.480 e. The smallest absolute Gasteiger partial charge is 0.326 e. The SMILES string of the molecule is C/C=C/CC(NC(=O)c1ccc(S(=O)(=O)N(CC)CC)cc1)C(=O)O. The zero-order valence-corrected chi connectivity index (χ0v) is 15.4. The molecule has 0 fully saturated rings. The van der Waals surface area contributed by atoms with Gasteiger partial charge in [0, 0.05) is 18.7 Å². The highest BCUT2D eigenvalue weighted by Crippen LogP contribution is 2.16. The van der Waals surface area contributed by atoms with E-state index in [1.165, 1.54) is 28.6 Å². The van der Waals surface area contributed by atoms with Crippen LogP contribution in [0.1, 0.15) is 37.6 Å². The first-order valence-electron chi connectivity index (χ1n) is 8.02. The Morgan fingerprint density at radius 3 is 2.20 bits per heavy atom. The maximum absolute atomic E-state index is 12.4. The Morgan fingerprint density at radius 2 is 1.76 bits per heavy atom. The van der Waals surface area contributed by atoms with E-state index in [4.69, 9.17) is 5.11 Å². The van der Waals surface area contributed by atoms with Gasteiger partial charge in [0.2, 0.25) is 10.0 Å². The third-order valence-electron chi connectivity index (χ3n) is 3.67. The minimum absolute atomic E-state index is 0.0939. The van der Waals surface area contributed by atoms with E-state index in [-0.39, 0.29) is 16.9 Å². The van der Waals surface area contributed by atoms with Crippen LogP contribution in [-0.2, 0) is 14.8 Å². The Hall–Kier alpha value is -2.19. The van der Waals surface area contributed by atoms with Crippen molar-refractivity contribution in [1.82, 2.24) is 9.62 Å². The molecule has 0 spiro atoms. The summed E-state index contributed by atoms with van der Waals surface area (Å²) < 4.78 is 26.1. The molecule has 1 aromatic rings. The lowest BCUT2D eigenvalue weighted by Gasteiger charge is -2.18. The lowest BCUT2D eigenvalue weighted by Crippen LogP contribution is -2.40. The fourth-order valence-corrected chi connectivity index (χ4v) is 3.68. The predicted molar refractivity (Wildman–Crippen MR) is 94.9 cm³/mol. The van der Waals surface area contributed by atoms with Gasteiger partial charge in [0.15, 0.2) is 0 Å². The van der Waals surface area contributed by atoms with Gasteiger partial charge in [0.1, 0.15) is 6.04 Å². The molecular weight excluding hydrogens is 344 g/mol. The number of nitrogens with one attached hydrogen (secondary N) is 1. The summed E-state index contributed by atoms with van der Waals surface area (Å²) in [6.07, 6.45) is 3.53. The molecule has 1 unspecified atom stereocenters. The van der Waals surface area contributed by atoms with Crippen molar-refractivity contribution in [2.24, 2.45) is 0 Å². The number of carbonyl (C=O) groups excluding carboxylic acids is 1. The molecule has 0 heterocycles. The number of amides is 1. The summed E-state index contributed by atoms with van der Waals surface area (Å²) in [6, 6.07) is 4.41. The van der Waals surface area contributed by atoms with Crippen molar-refractivity contribution in [1.29, 1.82) is 0 Å². The van der Waals surface area contributed by atoms with Gasteiger partial charge in [0.05, 0.1) is 4.90 Å². The summed E-state index contributed by atoms with van der Waals surface area (Å²) >= 11 is 0. The summed E-state index contributed by atoms with van der Waals surface area (Å²) in [4.78, 5) is 23.4. The van der Waals surface area contributed by atoms with E-state index in [0.717, 1.165) is 0 Å². The van der Waals surface area contributed by atoms with E-state index in [0.29, 0.717) is 13.1 Å². The van der Waals surface area contributed by atoms with Gasteiger partial charge in [-0.25, -0.2) is 13.2 Å². The van der Waals surface area contributed by atoms with Gasteiger partial charge in [-0.3, -0.25) is 4.79 Å². The maximum atomic E-state index is 12.4. The summed E-state index contributed by atoms with van der Waals surface area (Å²) in [5.74, 6) is -1.70. The molecule has 0 bridgehead atoms. The maximum Gasteiger partial charge on any atom is 0.326 e. The number of aliphatic carboxylic acids is 1. The van der Waals surface area contributed by atoms with Crippen LogP contribution in [0.4, 0.5) is 0 Å². The fraction of sp³-hybridized carbons (Fsp3) is 0.412. The number of carboxylic acids is 1. The van der Waals surface area contributed by atoms with Gasteiger partial charge in [-0.2, -0.15) is 4.31 Å². The van der Waals surface area contributed by atoms with Gasteiger partial charge in [-0.05, 0) is 37.6 Å². The Morgan fingerprint density at radius 1 is 1.20 bits per heavy atom. The molecule has 0 saturated heterocycles. The molecule has 0 aliphatic carbocycles. The number of hydrogen-bond acceptors (Lipinski definition) is 4. The quantitative estimate of drug-likeness (QED) is 0.648. The van der Waals surface area contributed by atoms with E-state index < -0.39 is 27.9 Å². The predicted octanol–water partition coefficient (Wildman–Crippen LogP) is 1.87. The van der Waals surface area contributed by atoms with E-state index >= 15 is 0 Å². The zero-order valence-electron chi connectivity index (χ0n) is 14.6. The van der Waals surface area contributed by atoms with Crippen LogP contribution in [0.3, 0.4) is 0 Å². The van der Waals surface area contributed by atoms with Crippen LogP contribution in [0, 0.1) is 0 Å². The molecule has 0 saturated carbocycles. The number of carbonyl (C=O) groups is 2. The first-order valence-corrected chi connectivity index (χ1v) is 9.46. The van der Waals surface area contributed by atoms with Crippen LogP contribution in [0.15, 0.2) is 41.3 Å². The Bertz CT molecular complexity index is 722. The van der Waals surface area contributed by atoms with Gasteiger partial charge in [-0.15, -0.1) is 0 Å². The molecular formula is C17H24N2O5S. The monoisotopic (exact) mass is 368 g/mol. The number of hydrogen-bond donors (Lipinski definition) is 2. The fourth-order valence-electron chi connectivity index (χ4n) is 2.23. The Balaban J connectivity index is 2.95. The standard InChI is InChI=1S/C17H24N2O5S/c1-4-7-8-15(17(21)22)18-16(20)13-9-11-14(12-10-13)25(23,24)19(5-2)6-3/h4,7,9-12,15H,5-6,8H2,1-3H3,(H,18,20)(H,21,22)/b7-4+. The second-order valence-corrected chi connectivity index (χ2v) is 7.22. The third kappa shape index (κ3) is 5.40. The topological polar surface area (TPSA) is 104 Å². The highest BCUT2D eigenvalue weighted by Gasteiger charge is 2.23. The van der Waals surface area contributed by atoms with Crippen molar-refractivity contribution in [3.63, 3.8) is 0 Å². The number of allylic oxidation sites excluding steroid dienone is 1. The van der Waals surface area contributed by atoms with Gasteiger partial charge in [0.25, 0.3) is 5.91 Å². The minimum atomic E-state index is -3.59. The summed E-state index contributed by atoms with van der Waals surface area (Å²) in [5, 5.41) is 11.5. The average molecular weight is 368 g/mol. The lowest BCUT2D eigenvalue weighted by molar-refractivity contribution is -0.139. The molecule has 1 atom stereocenters. The van der Waals surface area contributed by atoms with E-state index in [9.17, 15) is 18.0 Å². The molecule has 138 valence electrons. The number of benzene rings is 1. The van der Waals surface area contributed by atoms with Crippen LogP contribution in [0.5, 0.6) is 0 Å². The van der Waals surface area contributed by atoms with Crippen LogP contribution in [-0.4, -0.2) is 48.8 Å². The number of rotatable bonds is 9. The van der Waals surface area contributed by atoms with E-state index in [1.807, 2.05) is 0 Å². The van der Waals surface area contributed by atoms with Crippen molar-refractivity contribution in [2.75, 3.05) is 13.1 Å². The Kier molecular flexibility index (Phi) is 7.79. The van der Waals surface area contributed by atoms with Gasteiger partial charge >= 0.3 is 5.97 Å². The number of carboxylic acid groups (broad SMARTS) is 1. The summed E-state index contributed by atoms with van der Waals surface area (Å²) in [5.41, 5.74) is 0.199. The highest BCUT2D eigenvalue weighted by atomic mass is 32.2. The average Bonchev–Trinajstić information content (AvgIpc) is 2.59. The molecule has 25 heavy (non-hydrogen) atoms. The van der Waals surface area contributed by atoms with Crippen molar-refractivity contribution in [3.8, 4) is 0 Å². The summed E-state index contributed by atoms with van der Waals surface area (Å²) in [7, 11) is -3.59. The molecule has 0 aliphatic rings. The van der Waals surface area contributed by atoms with Crippen LogP contribution in [0.2, 0.25) is 0 Å². The molecule has 0 aromatic heterocycles. The van der Waals surface area contributed by atoms with Crippen molar-refractivity contribution >= 4 is 21.9 Å². The first kappa shape index (κ1) is 20.9. The van der Waals surface area contributed by atoms with Crippen molar-refractivity contribution in [3.05, 3.63) is 42.0 Å². The van der Waals surface area contributed by atoms with E-state index in [1.54, 1.807) is 32.9 Å². The van der Waals surface area contributed by atoms with E-state index in [2.05, 4.69) is 5.32 Å². The third-order valence-corrected chi connectivity index (χ3v) is 5.73. The molecule has 2 N–H and O–H groups in total. The molecule has 8 heteroatoms. The van der Waals surface area contributed by atoms with Crippen molar-refractivity contribution < 1.29 is 23.1 Å². The molecule has 1 aromatic carbocycles. The van der Waals surface area contributed by atoms with Crippen LogP contribution in [0.25, 0.3) is 0 Å². The molecule has 7 nitrogen and oxygen atoms in total. The van der Waals surface area contributed by atoms with Crippen LogP contribution >= 0.6 is 0 Å².